The van der Waals surface area contributed by atoms with E-state index < -0.39 is 6.36 Å². The maximum atomic E-state index is 12.5. The van der Waals surface area contributed by atoms with Gasteiger partial charge in [0.15, 0.2) is 0 Å². The van der Waals surface area contributed by atoms with Crippen LogP contribution in [0.15, 0.2) is 30.3 Å². The van der Waals surface area contributed by atoms with Gasteiger partial charge in [-0.3, -0.25) is 5.10 Å². The first kappa shape index (κ1) is 19.9. The highest BCUT2D eigenvalue weighted by molar-refractivity contribution is 5.58. The summed E-state index contributed by atoms with van der Waals surface area (Å²) in [6.45, 7) is 3.87. The Hall–Kier alpha value is -3.37. The Labute approximate surface area is 170 Å². The molecule has 1 aliphatic rings. The summed E-state index contributed by atoms with van der Waals surface area (Å²) in [7, 11) is 0. The summed E-state index contributed by atoms with van der Waals surface area (Å²) in [6.07, 6.45) is -2.49. The van der Waals surface area contributed by atoms with Gasteiger partial charge in [0.2, 0.25) is 11.9 Å². The summed E-state index contributed by atoms with van der Waals surface area (Å²) in [5.74, 6) is 1.85. The second-order valence-corrected chi connectivity index (χ2v) is 7.30. The minimum absolute atomic E-state index is 0.0118. The van der Waals surface area contributed by atoms with Crippen LogP contribution < -0.4 is 15.4 Å². The van der Waals surface area contributed by atoms with E-state index in [0.717, 1.165) is 18.5 Å². The van der Waals surface area contributed by atoms with E-state index in [2.05, 4.69) is 40.5 Å². The van der Waals surface area contributed by atoms with E-state index in [9.17, 15) is 13.2 Å². The molecule has 0 radical (unpaired) electrons. The number of rotatable bonds is 7. The fourth-order valence-electron chi connectivity index (χ4n) is 2.77. The minimum atomic E-state index is -4.77. The molecule has 1 aromatic carbocycles. The van der Waals surface area contributed by atoms with Crippen molar-refractivity contribution >= 4 is 23.4 Å². The van der Waals surface area contributed by atoms with Crippen molar-refractivity contribution in [1.29, 1.82) is 0 Å². The highest BCUT2D eigenvalue weighted by Crippen LogP contribution is 2.39. The molecule has 3 aromatic rings. The maximum absolute atomic E-state index is 12.5. The summed E-state index contributed by atoms with van der Waals surface area (Å²) in [6, 6.07) is 7.38. The normalized spacial score (nSPS) is 14.1. The Morgan fingerprint density at radius 3 is 2.47 bits per heavy atom. The zero-order chi connectivity index (χ0) is 21.3. The molecule has 0 unspecified atom stereocenters. The molecule has 30 heavy (non-hydrogen) atoms. The predicted octanol–water partition coefficient (Wildman–Crippen LogP) is 4.98. The van der Waals surface area contributed by atoms with Gasteiger partial charge in [0.05, 0.1) is 5.69 Å². The summed E-state index contributed by atoms with van der Waals surface area (Å²) in [4.78, 5) is 13.1. The van der Waals surface area contributed by atoms with Gasteiger partial charge in [0, 0.05) is 29.7 Å². The zero-order valence-electron chi connectivity index (χ0n) is 16.3. The number of H-pyrrole nitrogens is 1. The smallest absolute Gasteiger partial charge is 0.406 e. The van der Waals surface area contributed by atoms with Gasteiger partial charge in [-0.2, -0.15) is 20.1 Å². The summed E-state index contributed by atoms with van der Waals surface area (Å²) >= 11 is 0. The summed E-state index contributed by atoms with van der Waals surface area (Å²) in [5.41, 5.74) is 1.34. The first-order valence-electron chi connectivity index (χ1n) is 9.46. The van der Waals surface area contributed by atoms with Crippen LogP contribution in [0.4, 0.5) is 36.6 Å². The van der Waals surface area contributed by atoms with E-state index in [-0.39, 0.29) is 17.6 Å². The predicted molar refractivity (Wildman–Crippen MR) is 104 cm³/mol. The lowest BCUT2D eigenvalue weighted by molar-refractivity contribution is -0.274. The Balaban J connectivity index is 1.55. The number of halogens is 3. The topological polar surface area (TPSA) is 101 Å². The molecule has 1 saturated carbocycles. The van der Waals surface area contributed by atoms with E-state index in [4.69, 9.17) is 0 Å². The molecule has 0 saturated heterocycles. The van der Waals surface area contributed by atoms with Crippen molar-refractivity contribution < 1.29 is 17.9 Å². The van der Waals surface area contributed by atoms with Crippen LogP contribution in [-0.2, 0) is 0 Å². The maximum Gasteiger partial charge on any atom is 0.573 e. The van der Waals surface area contributed by atoms with Crippen molar-refractivity contribution in [3.63, 3.8) is 0 Å². The molecule has 8 nitrogen and oxygen atoms in total. The molecule has 0 amide bonds. The molecule has 0 spiro atoms. The number of nitrogens with one attached hydrogen (secondary N) is 3. The van der Waals surface area contributed by atoms with Gasteiger partial charge in [-0.1, -0.05) is 19.9 Å². The summed E-state index contributed by atoms with van der Waals surface area (Å²) in [5, 5.41) is 13.2. The molecule has 3 N–H and O–H groups in total. The lowest BCUT2D eigenvalue weighted by Crippen LogP contribution is -2.17. The van der Waals surface area contributed by atoms with Crippen LogP contribution in [0.25, 0.3) is 0 Å². The monoisotopic (exact) mass is 419 g/mol. The molecule has 1 fully saturated rings. The Morgan fingerprint density at radius 2 is 1.80 bits per heavy atom. The number of nitrogens with zero attached hydrogens (tertiary/aromatic N) is 4. The molecule has 11 heteroatoms. The number of ether oxygens (including phenoxy) is 1. The van der Waals surface area contributed by atoms with Crippen molar-refractivity contribution in [2.75, 3.05) is 10.6 Å². The number of hydrogen-bond acceptors (Lipinski definition) is 7. The molecule has 4 rings (SSSR count). The van der Waals surface area contributed by atoms with E-state index in [0.29, 0.717) is 29.2 Å². The van der Waals surface area contributed by atoms with Crippen molar-refractivity contribution in [1.82, 2.24) is 25.1 Å². The van der Waals surface area contributed by atoms with Crippen molar-refractivity contribution in [2.45, 2.75) is 44.9 Å². The van der Waals surface area contributed by atoms with E-state index in [1.54, 1.807) is 6.07 Å². The fraction of sp³-hybridized carbons (Fsp3) is 0.368. The quantitative estimate of drug-likeness (QED) is 0.496. The number of hydrogen-bond donors (Lipinski definition) is 3. The first-order valence-corrected chi connectivity index (χ1v) is 9.46. The number of aromatic amines is 1. The Morgan fingerprint density at radius 1 is 1.07 bits per heavy atom. The number of anilines is 4. The molecule has 158 valence electrons. The van der Waals surface area contributed by atoms with Crippen LogP contribution in [-0.4, -0.2) is 31.5 Å². The third-order valence-corrected chi connectivity index (χ3v) is 4.33. The highest BCUT2D eigenvalue weighted by Gasteiger charge is 2.31. The van der Waals surface area contributed by atoms with Crippen molar-refractivity contribution in [2.24, 2.45) is 0 Å². The van der Waals surface area contributed by atoms with Gasteiger partial charge in [-0.15, -0.1) is 13.2 Å². The van der Waals surface area contributed by atoms with E-state index in [1.165, 1.54) is 18.2 Å². The molecule has 2 heterocycles. The number of alkyl halides is 3. The molecular weight excluding hydrogens is 399 g/mol. The van der Waals surface area contributed by atoms with Crippen molar-refractivity contribution in [3.8, 4) is 5.75 Å². The van der Waals surface area contributed by atoms with Gasteiger partial charge in [-0.05, 0) is 25.0 Å². The lowest BCUT2D eigenvalue weighted by Gasteiger charge is -2.12. The minimum Gasteiger partial charge on any atom is -0.406 e. The molecule has 0 bridgehead atoms. The number of aromatic nitrogens is 5. The van der Waals surface area contributed by atoms with E-state index in [1.807, 2.05) is 19.9 Å². The second kappa shape index (κ2) is 7.81. The fourth-order valence-corrected chi connectivity index (χ4v) is 2.77. The zero-order valence-corrected chi connectivity index (χ0v) is 16.3. The largest absolute Gasteiger partial charge is 0.573 e. The van der Waals surface area contributed by atoms with Gasteiger partial charge < -0.3 is 15.4 Å². The van der Waals surface area contributed by atoms with Crippen LogP contribution in [0.5, 0.6) is 5.75 Å². The van der Waals surface area contributed by atoms with Gasteiger partial charge >= 0.3 is 6.36 Å². The Bertz CT molecular complexity index is 1030. The standard InChI is InChI=1S/C19H20F3N7O/c1-10(2)16-25-17(23-12-4-3-5-13(8-12)30-19(20,21)22)27-18(26-16)24-15-9-14(28-29-15)11-6-7-11/h3-5,8-11H,6-7H2,1-2H3,(H3,23,24,25,26,27,28,29). The SMILES string of the molecule is CC(C)c1nc(Nc2cccc(OC(F)(F)F)c2)nc(Nc2cc(C3CC3)n[nH]2)n1. The van der Waals surface area contributed by atoms with Gasteiger partial charge in [0.1, 0.15) is 17.4 Å². The molecule has 1 aliphatic carbocycles. The highest BCUT2D eigenvalue weighted by atomic mass is 19.4. The second-order valence-electron chi connectivity index (χ2n) is 7.30. The average molecular weight is 419 g/mol. The van der Waals surface area contributed by atoms with Crippen LogP contribution in [0.3, 0.4) is 0 Å². The number of benzene rings is 1. The lowest BCUT2D eigenvalue weighted by atomic mass is 10.2. The molecular formula is C19H20F3N7O. The Kier molecular flexibility index (Phi) is 5.18. The average Bonchev–Trinajstić information content (AvgIpc) is 3.40. The molecule has 0 atom stereocenters. The van der Waals surface area contributed by atoms with Crippen LogP contribution in [0.1, 0.15) is 50.0 Å². The first-order chi connectivity index (χ1) is 14.2. The third-order valence-electron chi connectivity index (χ3n) is 4.33. The van der Waals surface area contributed by atoms with Crippen LogP contribution in [0, 0.1) is 0 Å². The summed E-state index contributed by atoms with van der Waals surface area (Å²) < 4.78 is 41.4. The van der Waals surface area contributed by atoms with Crippen LogP contribution >= 0.6 is 0 Å². The van der Waals surface area contributed by atoms with Gasteiger partial charge in [-0.25, -0.2) is 0 Å². The van der Waals surface area contributed by atoms with Crippen LogP contribution in [0.2, 0.25) is 0 Å². The van der Waals surface area contributed by atoms with Gasteiger partial charge in [0.25, 0.3) is 0 Å². The molecule has 0 aliphatic heterocycles. The van der Waals surface area contributed by atoms with E-state index >= 15 is 0 Å². The third kappa shape index (κ3) is 5.16. The molecule has 2 aromatic heterocycles. The van der Waals surface area contributed by atoms with Crippen molar-refractivity contribution in [3.05, 3.63) is 41.9 Å².